The standard InChI is InChI=1S/C21H26N6O2S/c1-4-26-14-19(16(3)25-26)30(28,29)27-13-7-10-18(27)17-9-6-12-21(23-17)24-20-11-5-8-15(2)22-20/h5-6,8-9,11-12,14,18H,4,7,10,13H2,1-3H3,(H,22,23,24)/t18-/m1/s1. The molecule has 1 saturated heterocycles. The van der Waals surface area contributed by atoms with Gasteiger partial charge in [-0.15, -0.1) is 0 Å². The van der Waals surface area contributed by atoms with Crippen molar-refractivity contribution in [3.05, 3.63) is 59.7 Å². The zero-order valence-corrected chi connectivity index (χ0v) is 18.2. The summed E-state index contributed by atoms with van der Waals surface area (Å²) in [5.41, 5.74) is 2.16. The lowest BCUT2D eigenvalue weighted by Gasteiger charge is -2.23. The van der Waals surface area contributed by atoms with Crippen molar-refractivity contribution in [3.63, 3.8) is 0 Å². The third kappa shape index (κ3) is 3.95. The molecule has 158 valence electrons. The largest absolute Gasteiger partial charge is 0.325 e. The second kappa shape index (κ2) is 8.16. The summed E-state index contributed by atoms with van der Waals surface area (Å²) in [5, 5.41) is 7.52. The molecule has 9 heteroatoms. The molecule has 0 aromatic carbocycles. The molecule has 0 radical (unpaired) electrons. The number of hydrogen-bond donors (Lipinski definition) is 1. The first-order valence-electron chi connectivity index (χ1n) is 10.1. The minimum absolute atomic E-state index is 0.273. The van der Waals surface area contributed by atoms with Crippen LogP contribution in [0.15, 0.2) is 47.5 Å². The molecule has 0 spiro atoms. The van der Waals surface area contributed by atoms with Crippen molar-refractivity contribution in [2.24, 2.45) is 0 Å². The summed E-state index contributed by atoms with van der Waals surface area (Å²) in [6.45, 7) is 6.71. The van der Waals surface area contributed by atoms with Gasteiger partial charge in [0.1, 0.15) is 16.5 Å². The quantitative estimate of drug-likeness (QED) is 0.648. The van der Waals surface area contributed by atoms with Gasteiger partial charge in [0.2, 0.25) is 10.0 Å². The first-order valence-corrected chi connectivity index (χ1v) is 11.6. The average Bonchev–Trinajstić information content (AvgIpc) is 3.35. The fourth-order valence-electron chi connectivity index (χ4n) is 3.82. The third-order valence-electron chi connectivity index (χ3n) is 5.27. The van der Waals surface area contributed by atoms with Gasteiger partial charge >= 0.3 is 0 Å². The van der Waals surface area contributed by atoms with Crippen molar-refractivity contribution in [3.8, 4) is 0 Å². The summed E-state index contributed by atoms with van der Waals surface area (Å²) in [7, 11) is -3.66. The maximum absolute atomic E-state index is 13.4. The highest BCUT2D eigenvalue weighted by Crippen LogP contribution is 2.36. The summed E-state index contributed by atoms with van der Waals surface area (Å²) in [4.78, 5) is 9.42. The van der Waals surface area contributed by atoms with Gasteiger partial charge in [0, 0.05) is 25.0 Å². The van der Waals surface area contributed by atoms with Crippen LogP contribution in [0.1, 0.15) is 42.9 Å². The average molecular weight is 427 g/mol. The predicted octanol–water partition coefficient (Wildman–Crippen LogP) is 3.58. The smallest absolute Gasteiger partial charge is 0.247 e. The van der Waals surface area contributed by atoms with Crippen LogP contribution in [0, 0.1) is 13.8 Å². The van der Waals surface area contributed by atoms with Crippen LogP contribution in [0.25, 0.3) is 0 Å². The Labute approximate surface area is 177 Å². The zero-order valence-electron chi connectivity index (χ0n) is 17.4. The summed E-state index contributed by atoms with van der Waals surface area (Å²) < 4.78 is 30.0. The van der Waals surface area contributed by atoms with Crippen LogP contribution in [0.2, 0.25) is 0 Å². The van der Waals surface area contributed by atoms with Gasteiger partial charge in [-0.3, -0.25) is 4.68 Å². The van der Waals surface area contributed by atoms with Gasteiger partial charge in [0.25, 0.3) is 0 Å². The van der Waals surface area contributed by atoms with Crippen LogP contribution in [0.5, 0.6) is 0 Å². The van der Waals surface area contributed by atoms with Crippen LogP contribution < -0.4 is 5.32 Å². The van der Waals surface area contributed by atoms with Gasteiger partial charge in [-0.25, -0.2) is 18.4 Å². The van der Waals surface area contributed by atoms with E-state index in [1.165, 1.54) is 0 Å². The molecule has 4 rings (SSSR count). The number of aromatic nitrogens is 4. The molecular weight excluding hydrogens is 400 g/mol. The molecule has 0 saturated carbocycles. The highest BCUT2D eigenvalue weighted by Gasteiger charge is 2.38. The molecule has 1 aliphatic heterocycles. The number of pyridine rings is 2. The van der Waals surface area contributed by atoms with E-state index in [4.69, 9.17) is 4.98 Å². The monoisotopic (exact) mass is 426 g/mol. The summed E-state index contributed by atoms with van der Waals surface area (Å²) in [6, 6.07) is 11.1. The van der Waals surface area contributed by atoms with E-state index in [0.29, 0.717) is 30.4 Å². The number of nitrogens with one attached hydrogen (secondary N) is 1. The van der Waals surface area contributed by atoms with E-state index in [1.807, 2.05) is 50.2 Å². The van der Waals surface area contributed by atoms with Gasteiger partial charge in [0.05, 0.1) is 17.4 Å². The van der Waals surface area contributed by atoms with Gasteiger partial charge in [-0.1, -0.05) is 12.1 Å². The van der Waals surface area contributed by atoms with E-state index in [0.717, 1.165) is 24.2 Å². The minimum atomic E-state index is -3.66. The molecule has 0 aliphatic carbocycles. The van der Waals surface area contributed by atoms with Crippen LogP contribution in [-0.2, 0) is 16.6 Å². The second-order valence-electron chi connectivity index (χ2n) is 7.45. The molecule has 0 bridgehead atoms. The van der Waals surface area contributed by atoms with Gasteiger partial charge in [-0.2, -0.15) is 9.40 Å². The topological polar surface area (TPSA) is 93.0 Å². The number of nitrogens with zero attached hydrogens (tertiary/aromatic N) is 5. The van der Waals surface area contributed by atoms with E-state index >= 15 is 0 Å². The molecule has 1 N–H and O–H groups in total. The summed E-state index contributed by atoms with van der Waals surface area (Å²) >= 11 is 0. The molecule has 1 aliphatic rings. The van der Waals surface area contributed by atoms with Crippen molar-refractivity contribution in [1.29, 1.82) is 0 Å². The molecule has 30 heavy (non-hydrogen) atoms. The van der Waals surface area contributed by atoms with Crippen molar-refractivity contribution < 1.29 is 8.42 Å². The normalized spacial score (nSPS) is 17.4. The van der Waals surface area contributed by atoms with Crippen LogP contribution in [0.3, 0.4) is 0 Å². The van der Waals surface area contributed by atoms with Gasteiger partial charge in [-0.05, 0) is 57.9 Å². The number of rotatable bonds is 6. The lowest BCUT2D eigenvalue weighted by Crippen LogP contribution is -2.31. The Hall–Kier alpha value is -2.78. The van der Waals surface area contributed by atoms with E-state index in [-0.39, 0.29) is 10.9 Å². The fourth-order valence-corrected chi connectivity index (χ4v) is 5.65. The molecule has 4 heterocycles. The van der Waals surface area contributed by atoms with E-state index < -0.39 is 10.0 Å². The Morgan fingerprint density at radius 1 is 1.10 bits per heavy atom. The van der Waals surface area contributed by atoms with Gasteiger partial charge in [0.15, 0.2) is 0 Å². The Morgan fingerprint density at radius 2 is 1.83 bits per heavy atom. The Kier molecular flexibility index (Phi) is 5.57. The van der Waals surface area contributed by atoms with E-state index in [1.54, 1.807) is 22.1 Å². The predicted molar refractivity (Wildman–Crippen MR) is 115 cm³/mol. The molecule has 3 aromatic rings. The summed E-state index contributed by atoms with van der Waals surface area (Å²) in [5.74, 6) is 1.35. The van der Waals surface area contributed by atoms with Gasteiger partial charge < -0.3 is 5.32 Å². The van der Waals surface area contributed by atoms with Crippen LogP contribution in [-0.4, -0.2) is 39.0 Å². The molecule has 0 unspecified atom stereocenters. The summed E-state index contributed by atoms with van der Waals surface area (Å²) in [6.07, 6.45) is 3.15. The lowest BCUT2D eigenvalue weighted by atomic mass is 10.1. The number of aryl methyl sites for hydroxylation is 3. The molecule has 1 atom stereocenters. The maximum atomic E-state index is 13.4. The molecule has 0 amide bonds. The highest BCUT2D eigenvalue weighted by molar-refractivity contribution is 7.89. The number of hydrogen-bond acceptors (Lipinski definition) is 6. The second-order valence-corrected chi connectivity index (χ2v) is 9.30. The molecule has 8 nitrogen and oxygen atoms in total. The van der Waals surface area contributed by atoms with Crippen molar-refractivity contribution >= 4 is 21.7 Å². The van der Waals surface area contributed by atoms with Crippen molar-refractivity contribution in [2.45, 2.75) is 51.1 Å². The van der Waals surface area contributed by atoms with Crippen LogP contribution >= 0.6 is 0 Å². The number of sulfonamides is 1. The first kappa shape index (κ1) is 20.5. The molecule has 3 aromatic heterocycles. The van der Waals surface area contributed by atoms with E-state index in [2.05, 4.69) is 15.4 Å². The molecular formula is C21H26N6O2S. The number of anilines is 2. The lowest BCUT2D eigenvalue weighted by molar-refractivity contribution is 0.390. The van der Waals surface area contributed by atoms with Crippen molar-refractivity contribution in [1.82, 2.24) is 24.1 Å². The Balaban J connectivity index is 1.62. The van der Waals surface area contributed by atoms with E-state index in [9.17, 15) is 8.42 Å². The van der Waals surface area contributed by atoms with Crippen molar-refractivity contribution in [2.75, 3.05) is 11.9 Å². The Morgan fingerprint density at radius 3 is 2.53 bits per heavy atom. The zero-order chi connectivity index (χ0) is 21.3. The molecule has 1 fully saturated rings. The first-order chi connectivity index (χ1) is 14.4. The van der Waals surface area contributed by atoms with Crippen LogP contribution in [0.4, 0.5) is 11.6 Å². The Bertz CT molecular complexity index is 1160. The minimum Gasteiger partial charge on any atom is -0.325 e. The maximum Gasteiger partial charge on any atom is 0.247 e. The SMILES string of the molecule is CCn1cc(S(=O)(=O)N2CCC[C@@H]2c2cccc(Nc3cccc(C)n3)n2)c(C)n1. The highest BCUT2D eigenvalue weighted by atomic mass is 32.2. The third-order valence-corrected chi connectivity index (χ3v) is 7.28. The fraction of sp³-hybridized carbons (Fsp3) is 0.381.